The van der Waals surface area contributed by atoms with Crippen LogP contribution in [0.2, 0.25) is 0 Å². The van der Waals surface area contributed by atoms with Gasteiger partial charge in [0.1, 0.15) is 5.82 Å². The monoisotopic (exact) mass is 251 g/mol. The fraction of sp³-hybridized carbons (Fsp3) is 0.500. The smallest absolute Gasteiger partial charge is 0.310 e. The van der Waals surface area contributed by atoms with Crippen molar-refractivity contribution in [2.24, 2.45) is 5.92 Å². The molecule has 1 aliphatic rings. The highest BCUT2D eigenvalue weighted by molar-refractivity contribution is 5.74. The van der Waals surface area contributed by atoms with E-state index in [9.17, 15) is 9.18 Å². The number of methoxy groups -OCH3 is 1. The molecular formula is C14H18FNO2. The van der Waals surface area contributed by atoms with Crippen LogP contribution >= 0.6 is 0 Å². The number of fused-ring (bicyclic) bond motifs is 1. The Balaban J connectivity index is 2.22. The van der Waals surface area contributed by atoms with Gasteiger partial charge in [-0.3, -0.25) is 4.79 Å². The van der Waals surface area contributed by atoms with Crippen molar-refractivity contribution in [2.45, 2.75) is 26.3 Å². The number of rotatable bonds is 3. The number of ether oxygens (including phenoxy) is 1. The first-order chi connectivity index (χ1) is 8.54. The number of carbonyl (C=O) groups excluding carboxylic acids is 1. The van der Waals surface area contributed by atoms with Crippen molar-refractivity contribution >= 4 is 11.7 Å². The minimum atomic E-state index is -0.237. The van der Waals surface area contributed by atoms with Gasteiger partial charge in [-0.1, -0.05) is 6.07 Å². The Morgan fingerprint density at radius 2 is 2.17 bits per heavy atom. The quantitative estimate of drug-likeness (QED) is 0.772. The number of hydrogen-bond acceptors (Lipinski definition) is 3. The van der Waals surface area contributed by atoms with Crippen LogP contribution in [0.4, 0.5) is 10.1 Å². The van der Waals surface area contributed by atoms with Crippen molar-refractivity contribution in [3.05, 3.63) is 29.6 Å². The zero-order chi connectivity index (χ0) is 13.3. The van der Waals surface area contributed by atoms with Crippen LogP contribution in [0.25, 0.3) is 0 Å². The number of anilines is 1. The van der Waals surface area contributed by atoms with E-state index < -0.39 is 0 Å². The summed E-state index contributed by atoms with van der Waals surface area (Å²) in [4.78, 5) is 13.6. The standard InChI is InChI=1S/C14H18FNO2/c1-9(14(17)18-3)10(2)16-7-6-11-4-5-12(15)8-13(11)16/h4-5,8-10H,6-7H2,1-3H3. The number of halogens is 1. The first-order valence-electron chi connectivity index (χ1n) is 6.17. The zero-order valence-corrected chi connectivity index (χ0v) is 10.9. The van der Waals surface area contributed by atoms with Crippen LogP contribution in [0.5, 0.6) is 0 Å². The molecule has 0 fully saturated rings. The van der Waals surface area contributed by atoms with Crippen molar-refractivity contribution in [3.8, 4) is 0 Å². The lowest BCUT2D eigenvalue weighted by Gasteiger charge is -2.30. The van der Waals surface area contributed by atoms with Gasteiger partial charge in [-0.05, 0) is 38.0 Å². The highest BCUT2D eigenvalue weighted by Gasteiger charge is 2.30. The Bertz CT molecular complexity index is 461. The summed E-state index contributed by atoms with van der Waals surface area (Å²) in [5.74, 6) is -0.699. The second-order valence-corrected chi connectivity index (χ2v) is 4.77. The molecule has 0 saturated heterocycles. The predicted octanol–water partition coefficient (Wildman–Crippen LogP) is 2.39. The summed E-state index contributed by atoms with van der Waals surface area (Å²) >= 11 is 0. The molecule has 0 bridgehead atoms. The topological polar surface area (TPSA) is 29.5 Å². The van der Waals surface area contributed by atoms with E-state index in [0.29, 0.717) is 0 Å². The average Bonchev–Trinajstić information content (AvgIpc) is 2.78. The number of hydrogen-bond donors (Lipinski definition) is 0. The molecule has 0 aromatic heterocycles. The number of esters is 1. The summed E-state index contributed by atoms with van der Waals surface area (Å²) in [5, 5.41) is 0. The maximum absolute atomic E-state index is 13.3. The van der Waals surface area contributed by atoms with Crippen LogP contribution in [-0.4, -0.2) is 25.7 Å². The number of nitrogens with zero attached hydrogens (tertiary/aromatic N) is 1. The largest absolute Gasteiger partial charge is 0.469 e. The van der Waals surface area contributed by atoms with E-state index >= 15 is 0 Å². The fourth-order valence-corrected chi connectivity index (χ4v) is 2.45. The summed E-state index contributed by atoms with van der Waals surface area (Å²) in [7, 11) is 1.39. The Hall–Kier alpha value is -1.58. The molecule has 18 heavy (non-hydrogen) atoms. The normalized spacial score (nSPS) is 17.2. The lowest BCUT2D eigenvalue weighted by molar-refractivity contribution is -0.145. The first-order valence-corrected chi connectivity index (χ1v) is 6.17. The summed E-state index contributed by atoms with van der Waals surface area (Å²) in [6.07, 6.45) is 0.897. The SMILES string of the molecule is COC(=O)C(C)C(C)N1CCc2ccc(F)cc21. The molecule has 0 N–H and O–H groups in total. The van der Waals surface area contributed by atoms with Crippen LogP contribution in [0, 0.1) is 11.7 Å². The second kappa shape index (κ2) is 4.96. The fourth-order valence-electron chi connectivity index (χ4n) is 2.45. The van der Waals surface area contributed by atoms with E-state index in [1.807, 2.05) is 19.9 Å². The maximum Gasteiger partial charge on any atom is 0.310 e. The maximum atomic E-state index is 13.3. The van der Waals surface area contributed by atoms with Crippen LogP contribution < -0.4 is 4.90 Å². The van der Waals surface area contributed by atoms with Crippen molar-refractivity contribution in [1.82, 2.24) is 0 Å². The molecule has 1 aromatic carbocycles. The van der Waals surface area contributed by atoms with E-state index in [2.05, 4.69) is 4.90 Å². The lowest BCUT2D eigenvalue weighted by atomic mass is 10.0. The molecule has 2 atom stereocenters. The van der Waals surface area contributed by atoms with Crippen molar-refractivity contribution < 1.29 is 13.9 Å². The Morgan fingerprint density at radius 3 is 2.83 bits per heavy atom. The van der Waals surface area contributed by atoms with Gasteiger partial charge in [0.05, 0.1) is 13.0 Å². The van der Waals surface area contributed by atoms with Gasteiger partial charge in [-0.15, -0.1) is 0 Å². The minimum Gasteiger partial charge on any atom is -0.469 e. The molecule has 0 saturated carbocycles. The highest BCUT2D eigenvalue weighted by atomic mass is 19.1. The van der Waals surface area contributed by atoms with Crippen molar-refractivity contribution in [1.29, 1.82) is 0 Å². The van der Waals surface area contributed by atoms with Crippen LogP contribution in [0.15, 0.2) is 18.2 Å². The predicted molar refractivity (Wildman–Crippen MR) is 68.1 cm³/mol. The summed E-state index contributed by atoms with van der Waals surface area (Å²) in [6.45, 7) is 4.64. The van der Waals surface area contributed by atoms with Crippen LogP contribution in [0.1, 0.15) is 19.4 Å². The van der Waals surface area contributed by atoms with Gasteiger partial charge in [0.25, 0.3) is 0 Å². The summed E-state index contributed by atoms with van der Waals surface area (Å²) < 4.78 is 18.1. The van der Waals surface area contributed by atoms with E-state index in [1.165, 1.54) is 13.2 Å². The van der Waals surface area contributed by atoms with Gasteiger partial charge in [-0.2, -0.15) is 0 Å². The molecule has 1 aliphatic heterocycles. The highest BCUT2D eigenvalue weighted by Crippen LogP contribution is 2.32. The lowest BCUT2D eigenvalue weighted by Crippen LogP contribution is -2.40. The van der Waals surface area contributed by atoms with Crippen LogP contribution in [0.3, 0.4) is 0 Å². The number of benzene rings is 1. The molecule has 3 nitrogen and oxygen atoms in total. The molecule has 4 heteroatoms. The molecule has 1 heterocycles. The van der Waals surface area contributed by atoms with Gasteiger partial charge >= 0.3 is 5.97 Å². The molecule has 0 radical (unpaired) electrons. The minimum absolute atomic E-state index is 0.000463. The van der Waals surface area contributed by atoms with E-state index in [1.54, 1.807) is 6.07 Å². The average molecular weight is 251 g/mol. The molecular weight excluding hydrogens is 233 g/mol. The van der Waals surface area contributed by atoms with Gasteiger partial charge < -0.3 is 9.64 Å². The first kappa shape index (κ1) is 12.9. The summed E-state index contributed by atoms with van der Waals surface area (Å²) in [5.41, 5.74) is 2.04. The molecule has 1 aromatic rings. The number of carbonyl (C=O) groups is 1. The molecule has 2 rings (SSSR count). The van der Waals surface area contributed by atoms with E-state index in [-0.39, 0.29) is 23.7 Å². The van der Waals surface area contributed by atoms with Gasteiger partial charge in [0.2, 0.25) is 0 Å². The third-order valence-electron chi connectivity index (χ3n) is 3.77. The molecule has 0 aliphatic carbocycles. The second-order valence-electron chi connectivity index (χ2n) is 4.77. The third kappa shape index (κ3) is 2.19. The van der Waals surface area contributed by atoms with Gasteiger partial charge in [-0.25, -0.2) is 4.39 Å². The van der Waals surface area contributed by atoms with Gasteiger partial charge in [0.15, 0.2) is 0 Å². The van der Waals surface area contributed by atoms with E-state index in [4.69, 9.17) is 4.74 Å². The zero-order valence-electron chi connectivity index (χ0n) is 10.9. The molecule has 0 amide bonds. The summed E-state index contributed by atoms with van der Waals surface area (Å²) in [6, 6.07) is 4.85. The van der Waals surface area contributed by atoms with Crippen molar-refractivity contribution in [2.75, 3.05) is 18.6 Å². The molecule has 2 unspecified atom stereocenters. The van der Waals surface area contributed by atoms with E-state index in [0.717, 1.165) is 24.2 Å². The Morgan fingerprint density at radius 1 is 1.44 bits per heavy atom. The Labute approximate surface area is 107 Å². The van der Waals surface area contributed by atoms with Crippen LogP contribution in [-0.2, 0) is 16.0 Å². The van der Waals surface area contributed by atoms with Crippen molar-refractivity contribution in [3.63, 3.8) is 0 Å². The Kier molecular flexibility index (Phi) is 3.55. The molecule has 98 valence electrons. The third-order valence-corrected chi connectivity index (χ3v) is 3.77. The van der Waals surface area contributed by atoms with Gasteiger partial charge in [0, 0.05) is 18.3 Å². The molecule has 0 spiro atoms.